The molecule has 15 heteroatoms. The maximum Gasteiger partial charge on any atom is 0.419 e. The van der Waals surface area contributed by atoms with Gasteiger partial charge in [-0.3, -0.25) is 9.48 Å². The van der Waals surface area contributed by atoms with Crippen LogP contribution < -0.4 is 21.7 Å². The summed E-state index contributed by atoms with van der Waals surface area (Å²) in [5.41, 5.74) is 5.98. The van der Waals surface area contributed by atoms with E-state index in [0.29, 0.717) is 38.5 Å². The number of carbonyl (C=O) groups excluding carboxylic acids is 2. The molecule has 5 aromatic rings. The minimum Gasteiger partial charge on any atom is -0.383 e. The van der Waals surface area contributed by atoms with Gasteiger partial charge in [-0.25, -0.2) is 19.2 Å². The molecular formula is C25H18F4N8O2S. The van der Waals surface area contributed by atoms with Crippen molar-refractivity contribution >= 4 is 56.4 Å². The number of nitrogens with one attached hydrogen (secondary N) is 3. The number of alkyl halides is 3. The van der Waals surface area contributed by atoms with Crippen molar-refractivity contribution in [1.82, 2.24) is 19.7 Å². The molecule has 0 aliphatic heterocycles. The zero-order valence-corrected chi connectivity index (χ0v) is 21.2. The highest BCUT2D eigenvalue weighted by molar-refractivity contribution is 7.22. The molecule has 0 aliphatic carbocycles. The van der Waals surface area contributed by atoms with Gasteiger partial charge in [-0.05, 0) is 42.5 Å². The second-order valence-electron chi connectivity index (χ2n) is 8.45. The van der Waals surface area contributed by atoms with E-state index in [9.17, 15) is 27.2 Å². The zero-order chi connectivity index (χ0) is 28.6. The molecule has 0 fully saturated rings. The highest BCUT2D eigenvalue weighted by atomic mass is 32.1. The fourth-order valence-electron chi connectivity index (χ4n) is 3.86. The third-order valence-corrected chi connectivity index (χ3v) is 6.79. The minimum absolute atomic E-state index is 0.149. The number of nitrogen functional groups attached to an aromatic ring is 1. The Bertz CT molecular complexity index is 1750. The van der Waals surface area contributed by atoms with E-state index in [0.717, 1.165) is 6.07 Å². The van der Waals surface area contributed by atoms with Crippen LogP contribution in [0.2, 0.25) is 0 Å². The molecule has 204 valence electrons. The van der Waals surface area contributed by atoms with Crippen LogP contribution in [-0.4, -0.2) is 31.7 Å². The van der Waals surface area contributed by atoms with Gasteiger partial charge in [0.2, 0.25) is 0 Å². The molecule has 3 amide bonds. The van der Waals surface area contributed by atoms with E-state index in [1.807, 2.05) is 0 Å². The molecule has 10 nitrogen and oxygen atoms in total. The number of halogens is 4. The van der Waals surface area contributed by atoms with Gasteiger partial charge in [-0.1, -0.05) is 0 Å². The molecule has 0 bridgehead atoms. The van der Waals surface area contributed by atoms with Crippen LogP contribution in [-0.2, 0) is 13.2 Å². The SMILES string of the molecule is Cn1cc(-c2sc3ncnc(N)c3c2C(=O)Nc2ccc(NC(=O)Nc3ccc(F)c(C(F)(F)F)c3)cc2)cn1. The average molecular weight is 571 g/mol. The molecule has 5 rings (SSSR count). The summed E-state index contributed by atoms with van der Waals surface area (Å²) in [7, 11) is 1.75. The summed E-state index contributed by atoms with van der Waals surface area (Å²) in [6, 6.07) is 7.27. The van der Waals surface area contributed by atoms with Gasteiger partial charge in [-0.2, -0.15) is 18.3 Å². The first-order valence-electron chi connectivity index (χ1n) is 11.4. The number of hydrogen-bond acceptors (Lipinski definition) is 7. The standard InChI is InChI=1S/C25H18F4N8O2S/c1-37-10-12(9-33-37)20-18(19-21(30)31-11-32-23(19)40-20)22(38)34-13-2-4-14(5-3-13)35-24(39)36-15-6-7-17(26)16(8-15)25(27,28)29/h2-11H,1H3,(H,34,38)(H2,30,31,32)(H2,35,36,39). The third-order valence-electron chi connectivity index (χ3n) is 5.64. The average Bonchev–Trinajstić information content (AvgIpc) is 3.50. The molecule has 0 aliphatic rings. The number of anilines is 4. The normalized spacial score (nSPS) is 11.4. The Labute approximate surface area is 226 Å². The van der Waals surface area contributed by atoms with Gasteiger partial charge >= 0.3 is 12.2 Å². The number of urea groups is 1. The third kappa shape index (κ3) is 5.40. The first-order chi connectivity index (χ1) is 19.0. The molecular weight excluding hydrogens is 552 g/mol. The van der Waals surface area contributed by atoms with Crippen LogP contribution in [0.15, 0.2) is 61.2 Å². The lowest BCUT2D eigenvalue weighted by molar-refractivity contribution is -0.139. The maximum absolute atomic E-state index is 13.5. The second kappa shape index (κ2) is 10.3. The lowest BCUT2D eigenvalue weighted by atomic mass is 10.1. The molecule has 0 spiro atoms. The van der Waals surface area contributed by atoms with E-state index in [2.05, 4.69) is 31.0 Å². The predicted molar refractivity (Wildman–Crippen MR) is 142 cm³/mol. The van der Waals surface area contributed by atoms with Gasteiger partial charge in [0.25, 0.3) is 5.91 Å². The van der Waals surface area contributed by atoms with Gasteiger partial charge in [0.05, 0.1) is 27.6 Å². The highest BCUT2D eigenvalue weighted by Gasteiger charge is 2.34. The van der Waals surface area contributed by atoms with Gasteiger partial charge in [0.1, 0.15) is 22.8 Å². The number of aromatic nitrogens is 4. The molecule has 5 N–H and O–H groups in total. The van der Waals surface area contributed by atoms with Gasteiger partial charge < -0.3 is 21.7 Å². The van der Waals surface area contributed by atoms with Crippen molar-refractivity contribution in [2.45, 2.75) is 6.18 Å². The van der Waals surface area contributed by atoms with Gasteiger partial charge in [0, 0.05) is 35.9 Å². The largest absolute Gasteiger partial charge is 0.419 e. The molecule has 2 aromatic carbocycles. The van der Waals surface area contributed by atoms with Crippen molar-refractivity contribution in [2.24, 2.45) is 7.05 Å². The quantitative estimate of drug-likeness (QED) is 0.199. The Morgan fingerprint density at radius 1 is 0.975 bits per heavy atom. The summed E-state index contributed by atoms with van der Waals surface area (Å²) in [5.74, 6) is -1.77. The summed E-state index contributed by atoms with van der Waals surface area (Å²) in [6.07, 6.45) is -0.222. The van der Waals surface area contributed by atoms with Crippen molar-refractivity contribution < 1.29 is 27.2 Å². The molecule has 0 unspecified atom stereocenters. The number of thiophene rings is 1. The Kier molecular flexibility index (Phi) is 6.81. The van der Waals surface area contributed by atoms with Crippen molar-refractivity contribution in [3.63, 3.8) is 0 Å². The van der Waals surface area contributed by atoms with E-state index in [4.69, 9.17) is 5.73 Å². The summed E-state index contributed by atoms with van der Waals surface area (Å²) < 4.78 is 53.9. The Morgan fingerprint density at radius 2 is 1.62 bits per heavy atom. The van der Waals surface area contributed by atoms with E-state index >= 15 is 0 Å². The highest BCUT2D eigenvalue weighted by Crippen LogP contribution is 2.40. The van der Waals surface area contributed by atoms with Crippen LogP contribution in [0.25, 0.3) is 20.7 Å². The first-order valence-corrected chi connectivity index (χ1v) is 12.2. The van der Waals surface area contributed by atoms with Crippen molar-refractivity contribution in [3.8, 4) is 10.4 Å². The first kappa shape index (κ1) is 26.6. The van der Waals surface area contributed by atoms with Crippen molar-refractivity contribution in [1.29, 1.82) is 0 Å². The molecule has 0 saturated heterocycles. The number of fused-ring (bicyclic) bond motifs is 1. The number of aryl methyl sites for hydroxylation is 1. The minimum atomic E-state index is -4.91. The smallest absolute Gasteiger partial charge is 0.383 e. The van der Waals surface area contributed by atoms with Crippen LogP contribution in [0.3, 0.4) is 0 Å². The fraction of sp³-hybridized carbons (Fsp3) is 0.0800. The van der Waals surface area contributed by atoms with E-state index in [1.165, 1.54) is 41.9 Å². The van der Waals surface area contributed by atoms with Crippen LogP contribution in [0.5, 0.6) is 0 Å². The maximum atomic E-state index is 13.5. The second-order valence-corrected chi connectivity index (χ2v) is 9.45. The number of benzene rings is 2. The van der Waals surface area contributed by atoms with Crippen LogP contribution >= 0.6 is 11.3 Å². The predicted octanol–water partition coefficient (Wildman–Crippen LogP) is 5.73. The Morgan fingerprint density at radius 3 is 2.27 bits per heavy atom. The fourth-order valence-corrected chi connectivity index (χ4v) is 4.98. The number of amides is 3. The number of carbonyl (C=O) groups is 2. The topological polar surface area (TPSA) is 140 Å². The summed E-state index contributed by atoms with van der Waals surface area (Å²) in [4.78, 5) is 35.1. The molecule has 0 atom stereocenters. The lowest BCUT2D eigenvalue weighted by Crippen LogP contribution is -2.20. The van der Waals surface area contributed by atoms with Crippen molar-refractivity contribution in [2.75, 3.05) is 21.7 Å². The number of nitrogens with two attached hydrogens (primary N) is 1. The van der Waals surface area contributed by atoms with E-state index in [1.54, 1.807) is 24.1 Å². The monoisotopic (exact) mass is 570 g/mol. The van der Waals surface area contributed by atoms with Gasteiger partial charge in [-0.15, -0.1) is 11.3 Å². The van der Waals surface area contributed by atoms with Crippen LogP contribution in [0.4, 0.5) is 45.2 Å². The molecule has 3 heterocycles. The number of rotatable bonds is 5. The van der Waals surface area contributed by atoms with Gasteiger partial charge in [0.15, 0.2) is 0 Å². The summed E-state index contributed by atoms with van der Waals surface area (Å²) in [6.45, 7) is 0. The molecule has 3 aromatic heterocycles. The Balaban J connectivity index is 1.31. The Hall–Kier alpha value is -5.05. The molecule has 0 saturated carbocycles. The molecule has 0 radical (unpaired) electrons. The van der Waals surface area contributed by atoms with Crippen LogP contribution in [0, 0.1) is 5.82 Å². The number of nitrogens with zero attached hydrogens (tertiary/aromatic N) is 4. The summed E-state index contributed by atoms with van der Waals surface area (Å²) in [5, 5.41) is 12.0. The van der Waals surface area contributed by atoms with Crippen molar-refractivity contribution in [3.05, 3.63) is 78.1 Å². The van der Waals surface area contributed by atoms with E-state index < -0.39 is 29.5 Å². The molecule has 40 heavy (non-hydrogen) atoms. The van der Waals surface area contributed by atoms with Crippen LogP contribution in [0.1, 0.15) is 15.9 Å². The zero-order valence-electron chi connectivity index (χ0n) is 20.4. The lowest BCUT2D eigenvalue weighted by Gasteiger charge is -2.12. The van der Waals surface area contributed by atoms with E-state index in [-0.39, 0.29) is 22.8 Å². The summed E-state index contributed by atoms with van der Waals surface area (Å²) >= 11 is 1.27. The number of hydrogen-bond donors (Lipinski definition) is 4.